The van der Waals surface area contributed by atoms with E-state index >= 15 is 0 Å². The molecule has 1 aromatic carbocycles. The van der Waals surface area contributed by atoms with Gasteiger partial charge in [0.05, 0.1) is 0 Å². The van der Waals surface area contributed by atoms with Crippen LogP contribution in [0.3, 0.4) is 0 Å². The summed E-state index contributed by atoms with van der Waals surface area (Å²) in [6, 6.07) is 9.91. The molecule has 0 saturated carbocycles. The molecule has 2 unspecified atom stereocenters. The van der Waals surface area contributed by atoms with E-state index in [1.165, 1.54) is 0 Å². The number of aliphatic hydroxyl groups is 1. The van der Waals surface area contributed by atoms with Gasteiger partial charge < -0.3 is 15.0 Å². The second-order valence-electron chi connectivity index (χ2n) is 4.55. The third kappa shape index (κ3) is 3.80. The Labute approximate surface area is 129 Å². The Morgan fingerprint density at radius 2 is 2.00 bits per heavy atom. The average Bonchev–Trinajstić information content (AvgIpc) is 2.73. The molecule has 1 heterocycles. The Bertz CT molecular complexity index is 385. The second-order valence-corrected chi connectivity index (χ2v) is 4.55. The zero-order valence-corrected chi connectivity index (χ0v) is 12.6. The number of aliphatic carboxylic acids is 1. The minimum atomic E-state index is -1.06. The molecule has 18 heavy (non-hydrogen) atoms. The smallest absolute Gasteiger partial charge is 0.550 e. The quantitative estimate of drug-likeness (QED) is 0.568. The molecule has 0 aliphatic carbocycles. The SMILES string of the molecule is O=C([O-])C1CN(Cc2ccccc2)CC1CO.[Na+]. The Balaban J connectivity index is 0.00000162. The number of carboxylic acid groups (broad SMARTS) is 1. The Kier molecular flexibility index (Phi) is 6.32. The molecule has 2 rings (SSSR count). The minimum absolute atomic E-state index is 0. The molecule has 0 amide bonds. The first-order valence-corrected chi connectivity index (χ1v) is 5.78. The number of hydrogen-bond acceptors (Lipinski definition) is 4. The van der Waals surface area contributed by atoms with Crippen LogP contribution in [0.4, 0.5) is 0 Å². The van der Waals surface area contributed by atoms with Gasteiger partial charge >= 0.3 is 29.6 Å². The monoisotopic (exact) mass is 257 g/mol. The van der Waals surface area contributed by atoms with Crippen molar-refractivity contribution in [2.75, 3.05) is 19.7 Å². The third-order valence-corrected chi connectivity index (χ3v) is 3.30. The number of rotatable bonds is 4. The number of carboxylic acids is 1. The zero-order chi connectivity index (χ0) is 12.3. The van der Waals surface area contributed by atoms with E-state index in [1.807, 2.05) is 30.3 Å². The molecule has 1 fully saturated rings. The van der Waals surface area contributed by atoms with Crippen LogP contribution in [0, 0.1) is 11.8 Å². The molecule has 0 spiro atoms. The van der Waals surface area contributed by atoms with Gasteiger partial charge in [-0.3, -0.25) is 4.90 Å². The van der Waals surface area contributed by atoms with Crippen molar-refractivity contribution < 1.29 is 44.6 Å². The van der Waals surface area contributed by atoms with Crippen molar-refractivity contribution in [3.63, 3.8) is 0 Å². The average molecular weight is 257 g/mol. The van der Waals surface area contributed by atoms with Gasteiger partial charge in [0.1, 0.15) is 0 Å². The predicted molar refractivity (Wildman–Crippen MR) is 60.8 cm³/mol. The largest absolute Gasteiger partial charge is 1.00 e. The fourth-order valence-electron chi connectivity index (χ4n) is 2.38. The van der Waals surface area contributed by atoms with Gasteiger partial charge in [0.2, 0.25) is 0 Å². The standard InChI is InChI=1S/C13H17NO3.Na/c15-9-11-7-14(8-12(11)13(16)17)6-10-4-2-1-3-5-10;/h1-5,11-12,15H,6-9H2,(H,16,17);/q;+1/p-1. The molecule has 1 N–H and O–H groups in total. The number of likely N-dealkylation sites (tertiary alicyclic amines) is 1. The van der Waals surface area contributed by atoms with E-state index in [2.05, 4.69) is 4.90 Å². The summed E-state index contributed by atoms with van der Waals surface area (Å²) >= 11 is 0. The van der Waals surface area contributed by atoms with Crippen molar-refractivity contribution in [2.45, 2.75) is 6.54 Å². The van der Waals surface area contributed by atoms with E-state index in [4.69, 9.17) is 5.11 Å². The molecule has 0 bridgehead atoms. The number of benzene rings is 1. The first kappa shape index (κ1) is 15.7. The maximum Gasteiger partial charge on any atom is 1.00 e. The Morgan fingerprint density at radius 1 is 1.33 bits per heavy atom. The van der Waals surface area contributed by atoms with Crippen molar-refractivity contribution in [1.82, 2.24) is 4.90 Å². The molecular formula is C13H16NNaO3. The van der Waals surface area contributed by atoms with Crippen molar-refractivity contribution in [3.05, 3.63) is 35.9 Å². The van der Waals surface area contributed by atoms with Crippen molar-refractivity contribution in [2.24, 2.45) is 11.8 Å². The molecule has 0 aromatic heterocycles. The van der Waals surface area contributed by atoms with Crippen LogP contribution < -0.4 is 34.7 Å². The van der Waals surface area contributed by atoms with E-state index in [0.717, 1.165) is 12.1 Å². The van der Waals surface area contributed by atoms with Crippen molar-refractivity contribution in [1.29, 1.82) is 0 Å². The normalized spacial score (nSPS) is 23.6. The molecular weight excluding hydrogens is 241 g/mol. The first-order chi connectivity index (χ1) is 8.20. The number of carbonyl (C=O) groups excluding carboxylic acids is 1. The Morgan fingerprint density at radius 3 is 2.50 bits per heavy atom. The third-order valence-electron chi connectivity index (χ3n) is 3.30. The van der Waals surface area contributed by atoms with E-state index in [9.17, 15) is 9.90 Å². The zero-order valence-electron chi connectivity index (χ0n) is 10.6. The van der Waals surface area contributed by atoms with E-state index < -0.39 is 11.9 Å². The summed E-state index contributed by atoms with van der Waals surface area (Å²) in [5.74, 6) is -1.81. The number of hydrogen-bond donors (Lipinski definition) is 1. The molecule has 1 aromatic rings. The van der Waals surface area contributed by atoms with Gasteiger partial charge in [-0.25, -0.2) is 0 Å². The van der Waals surface area contributed by atoms with Crippen LogP contribution in [0.15, 0.2) is 30.3 Å². The molecule has 2 atom stereocenters. The minimum Gasteiger partial charge on any atom is -0.550 e. The van der Waals surface area contributed by atoms with Gasteiger partial charge in [-0.1, -0.05) is 30.3 Å². The summed E-state index contributed by atoms with van der Waals surface area (Å²) in [6.45, 7) is 1.71. The topological polar surface area (TPSA) is 63.6 Å². The van der Waals surface area contributed by atoms with Crippen LogP contribution in [0.1, 0.15) is 5.56 Å². The van der Waals surface area contributed by atoms with Crippen LogP contribution >= 0.6 is 0 Å². The van der Waals surface area contributed by atoms with Gasteiger partial charge in [-0.05, 0) is 5.56 Å². The van der Waals surface area contributed by atoms with Gasteiger partial charge in [-0.2, -0.15) is 0 Å². The summed E-state index contributed by atoms with van der Waals surface area (Å²) in [6.07, 6.45) is 0. The van der Waals surface area contributed by atoms with Gasteiger partial charge in [-0.15, -0.1) is 0 Å². The summed E-state index contributed by atoms with van der Waals surface area (Å²) in [7, 11) is 0. The fraction of sp³-hybridized carbons (Fsp3) is 0.462. The number of nitrogens with zero attached hydrogens (tertiary/aromatic N) is 1. The van der Waals surface area contributed by atoms with Crippen LogP contribution in [-0.2, 0) is 11.3 Å². The molecule has 1 aliphatic heterocycles. The van der Waals surface area contributed by atoms with Crippen LogP contribution in [0.5, 0.6) is 0 Å². The Hall–Kier alpha value is -0.390. The molecule has 92 valence electrons. The molecule has 1 saturated heterocycles. The number of carbonyl (C=O) groups is 1. The van der Waals surface area contributed by atoms with Crippen molar-refractivity contribution >= 4 is 5.97 Å². The van der Waals surface area contributed by atoms with E-state index in [1.54, 1.807) is 0 Å². The van der Waals surface area contributed by atoms with E-state index in [0.29, 0.717) is 13.1 Å². The summed E-state index contributed by atoms with van der Waals surface area (Å²) < 4.78 is 0. The van der Waals surface area contributed by atoms with Crippen LogP contribution in [0.2, 0.25) is 0 Å². The second kappa shape index (κ2) is 7.26. The van der Waals surface area contributed by atoms with Crippen LogP contribution in [0.25, 0.3) is 0 Å². The van der Waals surface area contributed by atoms with Gasteiger partial charge in [0, 0.05) is 44.0 Å². The predicted octanol–water partition coefficient (Wildman–Crippen LogP) is -3.52. The fourth-order valence-corrected chi connectivity index (χ4v) is 2.38. The van der Waals surface area contributed by atoms with Crippen LogP contribution in [-0.4, -0.2) is 35.7 Å². The van der Waals surface area contributed by atoms with Crippen molar-refractivity contribution in [3.8, 4) is 0 Å². The van der Waals surface area contributed by atoms with Gasteiger partial charge in [0.15, 0.2) is 0 Å². The number of aliphatic hydroxyl groups excluding tert-OH is 1. The summed E-state index contributed by atoms with van der Waals surface area (Å²) in [5, 5.41) is 20.1. The summed E-state index contributed by atoms with van der Waals surface area (Å²) in [4.78, 5) is 13.0. The maximum absolute atomic E-state index is 10.9. The summed E-state index contributed by atoms with van der Waals surface area (Å²) in [5.41, 5.74) is 1.16. The molecule has 0 radical (unpaired) electrons. The van der Waals surface area contributed by atoms with E-state index in [-0.39, 0.29) is 42.1 Å². The maximum atomic E-state index is 10.9. The van der Waals surface area contributed by atoms with Gasteiger partial charge in [0.25, 0.3) is 0 Å². The molecule has 1 aliphatic rings. The first-order valence-electron chi connectivity index (χ1n) is 5.78. The molecule has 5 heteroatoms. The molecule has 4 nitrogen and oxygen atoms in total.